The van der Waals surface area contributed by atoms with Gasteiger partial charge in [0.05, 0.1) is 5.39 Å². The molecule has 0 aliphatic rings. The minimum absolute atomic E-state index is 0.0298. The number of carbonyl (C=O) groups excluding carboxylic acids is 1. The molecule has 0 saturated heterocycles. The van der Waals surface area contributed by atoms with Crippen molar-refractivity contribution in [1.82, 2.24) is 15.4 Å². The molecular weight excluding hydrogens is 302 g/mol. The highest BCUT2D eigenvalue weighted by Crippen LogP contribution is 2.31. The third-order valence-electron chi connectivity index (χ3n) is 3.91. The van der Waals surface area contributed by atoms with Gasteiger partial charge in [-0.2, -0.15) is 0 Å². The first-order valence-electron chi connectivity index (χ1n) is 7.51. The zero-order valence-electron chi connectivity index (χ0n) is 12.9. The third kappa shape index (κ3) is 2.36. The van der Waals surface area contributed by atoms with Crippen molar-refractivity contribution in [1.29, 1.82) is 0 Å². The number of rotatable bonds is 3. The molecule has 5 heteroatoms. The Morgan fingerprint density at radius 2 is 1.54 bits per heavy atom. The van der Waals surface area contributed by atoms with Crippen LogP contribution in [0.25, 0.3) is 33.4 Å². The zero-order chi connectivity index (χ0) is 16.5. The predicted octanol–water partition coefficient (Wildman–Crippen LogP) is 4.15. The van der Waals surface area contributed by atoms with Gasteiger partial charge in [0, 0.05) is 16.7 Å². The van der Waals surface area contributed by atoms with E-state index in [1.807, 2.05) is 42.5 Å². The fraction of sp³-hybridized carbons (Fsp3) is 0.0526. The van der Waals surface area contributed by atoms with Crippen LogP contribution in [0.5, 0.6) is 0 Å². The van der Waals surface area contributed by atoms with E-state index in [-0.39, 0.29) is 5.78 Å². The number of hydrogen-bond acceptors (Lipinski definition) is 5. The number of carbonyl (C=O) groups is 1. The summed E-state index contributed by atoms with van der Waals surface area (Å²) in [6.45, 7) is 1.54. The fourth-order valence-corrected chi connectivity index (χ4v) is 2.64. The van der Waals surface area contributed by atoms with Gasteiger partial charge >= 0.3 is 0 Å². The number of benzene rings is 2. The molecule has 0 aliphatic carbocycles. The molecule has 24 heavy (non-hydrogen) atoms. The highest BCUT2D eigenvalue weighted by molar-refractivity contribution is 5.99. The predicted molar refractivity (Wildman–Crippen MR) is 90.5 cm³/mol. The van der Waals surface area contributed by atoms with Gasteiger partial charge in [-0.05, 0) is 6.92 Å². The standard InChI is InChI=1S/C19H13N3O2/c1-12(23)13-7-9-15(10-8-13)17-16-11-24-22-19(16)18(21-20-17)14-5-3-2-4-6-14/h2-11H,1H3. The molecule has 116 valence electrons. The van der Waals surface area contributed by atoms with Crippen molar-refractivity contribution in [3.63, 3.8) is 0 Å². The second-order valence-electron chi connectivity index (χ2n) is 5.47. The average molecular weight is 315 g/mol. The minimum atomic E-state index is 0.0298. The number of hydrogen-bond donors (Lipinski definition) is 0. The number of ketones is 1. The van der Waals surface area contributed by atoms with Gasteiger partial charge in [0.25, 0.3) is 0 Å². The Morgan fingerprint density at radius 3 is 2.25 bits per heavy atom. The van der Waals surface area contributed by atoms with E-state index >= 15 is 0 Å². The number of nitrogens with zero attached hydrogens (tertiary/aromatic N) is 3. The summed E-state index contributed by atoms with van der Waals surface area (Å²) < 4.78 is 5.17. The molecule has 0 amide bonds. The highest BCUT2D eigenvalue weighted by atomic mass is 16.5. The maximum absolute atomic E-state index is 11.4. The molecule has 4 aromatic rings. The van der Waals surface area contributed by atoms with Crippen LogP contribution in [0.2, 0.25) is 0 Å². The highest BCUT2D eigenvalue weighted by Gasteiger charge is 2.16. The molecule has 2 heterocycles. The summed E-state index contributed by atoms with van der Waals surface area (Å²) in [5.74, 6) is 0.0298. The van der Waals surface area contributed by atoms with Gasteiger partial charge in [-0.1, -0.05) is 59.8 Å². The van der Waals surface area contributed by atoms with E-state index in [9.17, 15) is 4.79 Å². The lowest BCUT2D eigenvalue weighted by atomic mass is 10.0. The largest absolute Gasteiger partial charge is 0.363 e. The molecule has 0 fully saturated rings. The maximum atomic E-state index is 11.4. The average Bonchev–Trinajstić information content (AvgIpc) is 3.11. The molecule has 0 spiro atoms. The van der Waals surface area contributed by atoms with Crippen LogP contribution in [0.3, 0.4) is 0 Å². The Bertz CT molecular complexity index is 1020. The fourth-order valence-electron chi connectivity index (χ4n) is 2.64. The van der Waals surface area contributed by atoms with Gasteiger partial charge in [0.2, 0.25) is 0 Å². The van der Waals surface area contributed by atoms with Gasteiger partial charge in [-0.3, -0.25) is 4.79 Å². The lowest BCUT2D eigenvalue weighted by Gasteiger charge is -2.05. The Hall–Kier alpha value is -3.34. The molecule has 2 aromatic heterocycles. The smallest absolute Gasteiger partial charge is 0.159 e. The summed E-state index contributed by atoms with van der Waals surface area (Å²) in [4.78, 5) is 11.4. The van der Waals surface area contributed by atoms with Crippen LogP contribution in [0.1, 0.15) is 17.3 Å². The van der Waals surface area contributed by atoms with E-state index in [1.54, 1.807) is 25.3 Å². The summed E-state index contributed by atoms with van der Waals surface area (Å²) in [5.41, 5.74) is 4.49. The molecule has 0 bridgehead atoms. The normalized spacial score (nSPS) is 10.9. The quantitative estimate of drug-likeness (QED) is 0.531. The Labute approximate surface area is 137 Å². The van der Waals surface area contributed by atoms with E-state index in [0.717, 1.165) is 16.5 Å². The van der Waals surface area contributed by atoms with E-state index in [1.165, 1.54) is 0 Å². The van der Waals surface area contributed by atoms with Gasteiger partial charge in [0.1, 0.15) is 23.2 Å². The summed E-state index contributed by atoms with van der Waals surface area (Å²) >= 11 is 0. The minimum Gasteiger partial charge on any atom is -0.363 e. The monoisotopic (exact) mass is 315 g/mol. The number of Topliss-reactive ketones (excluding diaryl/α,β-unsaturated/α-hetero) is 1. The van der Waals surface area contributed by atoms with Crippen LogP contribution in [-0.2, 0) is 0 Å². The summed E-state index contributed by atoms with van der Waals surface area (Å²) in [7, 11) is 0. The van der Waals surface area contributed by atoms with E-state index in [2.05, 4.69) is 15.4 Å². The summed E-state index contributed by atoms with van der Waals surface area (Å²) in [5, 5.41) is 13.6. The SMILES string of the molecule is CC(=O)c1ccc(-c2nnc(-c3ccccc3)c3nocc23)cc1. The number of aromatic nitrogens is 3. The van der Waals surface area contributed by atoms with Crippen molar-refractivity contribution in [3.8, 4) is 22.5 Å². The van der Waals surface area contributed by atoms with Crippen molar-refractivity contribution < 1.29 is 9.32 Å². The first kappa shape index (κ1) is 14.3. The third-order valence-corrected chi connectivity index (χ3v) is 3.91. The molecule has 0 N–H and O–H groups in total. The van der Waals surface area contributed by atoms with E-state index in [0.29, 0.717) is 22.5 Å². The van der Waals surface area contributed by atoms with Crippen LogP contribution in [0.4, 0.5) is 0 Å². The second-order valence-corrected chi connectivity index (χ2v) is 5.47. The molecule has 0 atom stereocenters. The molecule has 0 saturated carbocycles. The maximum Gasteiger partial charge on any atom is 0.159 e. The van der Waals surface area contributed by atoms with Gasteiger partial charge < -0.3 is 4.52 Å². The zero-order valence-corrected chi connectivity index (χ0v) is 12.9. The van der Waals surface area contributed by atoms with Crippen LogP contribution >= 0.6 is 0 Å². The lowest BCUT2D eigenvalue weighted by Crippen LogP contribution is -1.95. The Morgan fingerprint density at radius 1 is 0.875 bits per heavy atom. The molecule has 0 radical (unpaired) electrons. The van der Waals surface area contributed by atoms with Crippen LogP contribution in [0, 0.1) is 0 Å². The van der Waals surface area contributed by atoms with E-state index in [4.69, 9.17) is 4.52 Å². The van der Waals surface area contributed by atoms with Crippen molar-refractivity contribution in [2.24, 2.45) is 0 Å². The van der Waals surface area contributed by atoms with Gasteiger partial charge in [-0.25, -0.2) is 0 Å². The van der Waals surface area contributed by atoms with Crippen LogP contribution in [0.15, 0.2) is 65.4 Å². The van der Waals surface area contributed by atoms with Crippen molar-refractivity contribution in [2.75, 3.05) is 0 Å². The van der Waals surface area contributed by atoms with Gasteiger partial charge in [0.15, 0.2) is 5.78 Å². The van der Waals surface area contributed by atoms with E-state index < -0.39 is 0 Å². The molecular formula is C19H13N3O2. The Balaban J connectivity index is 1.87. The molecule has 0 unspecified atom stereocenters. The van der Waals surface area contributed by atoms with Crippen LogP contribution < -0.4 is 0 Å². The van der Waals surface area contributed by atoms with Gasteiger partial charge in [-0.15, -0.1) is 10.2 Å². The second kappa shape index (κ2) is 5.70. The first-order chi connectivity index (χ1) is 11.7. The lowest BCUT2D eigenvalue weighted by molar-refractivity contribution is 0.101. The van der Waals surface area contributed by atoms with Crippen molar-refractivity contribution in [3.05, 3.63) is 66.4 Å². The molecule has 4 rings (SSSR count). The molecule has 2 aromatic carbocycles. The molecule has 0 aliphatic heterocycles. The van der Waals surface area contributed by atoms with Crippen molar-refractivity contribution >= 4 is 16.7 Å². The summed E-state index contributed by atoms with van der Waals surface area (Å²) in [6, 6.07) is 17.0. The Kier molecular flexibility index (Phi) is 3.39. The first-order valence-corrected chi connectivity index (χ1v) is 7.51. The van der Waals surface area contributed by atoms with Crippen molar-refractivity contribution in [2.45, 2.75) is 6.92 Å². The number of fused-ring (bicyclic) bond motifs is 1. The van der Waals surface area contributed by atoms with Crippen LogP contribution in [-0.4, -0.2) is 21.1 Å². The molecule has 5 nitrogen and oxygen atoms in total. The summed E-state index contributed by atoms with van der Waals surface area (Å²) in [6.07, 6.45) is 1.57. The topological polar surface area (TPSA) is 68.9 Å².